The van der Waals surface area contributed by atoms with Crippen molar-refractivity contribution in [3.8, 4) is 0 Å². The van der Waals surface area contributed by atoms with Crippen molar-refractivity contribution < 1.29 is 14.1 Å². The average Bonchev–Trinajstić information content (AvgIpc) is 2.90. The van der Waals surface area contributed by atoms with Crippen LogP contribution in [0.15, 0.2) is 10.6 Å². The molecule has 2 rings (SSSR count). The van der Waals surface area contributed by atoms with Crippen molar-refractivity contribution in [3.63, 3.8) is 0 Å². The minimum atomic E-state index is -0.0673. The quantitative estimate of drug-likeness (QED) is 0.863. The third-order valence-corrected chi connectivity index (χ3v) is 3.38. The lowest BCUT2D eigenvalue weighted by molar-refractivity contribution is 0.0651. The Morgan fingerprint density at radius 2 is 2.53 bits per heavy atom. The first-order valence-electron chi connectivity index (χ1n) is 6.72. The fourth-order valence-corrected chi connectivity index (χ4v) is 2.44. The smallest absolute Gasteiger partial charge is 0.276 e. The van der Waals surface area contributed by atoms with Gasteiger partial charge in [0.1, 0.15) is 6.61 Å². The number of piperidine rings is 1. The van der Waals surface area contributed by atoms with Crippen LogP contribution in [0, 0.1) is 0 Å². The number of hydrogen-bond donors (Lipinski definition) is 1. The lowest BCUT2D eigenvalue weighted by Gasteiger charge is -2.33. The summed E-state index contributed by atoms with van der Waals surface area (Å²) in [6.45, 7) is 4.88. The molecule has 1 unspecified atom stereocenters. The van der Waals surface area contributed by atoms with Gasteiger partial charge in [0, 0.05) is 32.3 Å². The summed E-state index contributed by atoms with van der Waals surface area (Å²) >= 11 is 0. The molecule has 0 saturated carbocycles. The highest BCUT2D eigenvalue weighted by Crippen LogP contribution is 2.15. The van der Waals surface area contributed by atoms with Crippen LogP contribution in [0.4, 0.5) is 0 Å². The molecule has 1 aromatic heterocycles. The highest BCUT2D eigenvalue weighted by molar-refractivity contribution is 5.92. The van der Waals surface area contributed by atoms with Crippen LogP contribution in [-0.2, 0) is 11.3 Å². The number of nitrogens with zero attached hydrogens (tertiary/aromatic N) is 2. The van der Waals surface area contributed by atoms with E-state index in [1.807, 2.05) is 11.8 Å². The van der Waals surface area contributed by atoms with Crippen molar-refractivity contribution in [2.24, 2.45) is 0 Å². The highest BCUT2D eigenvalue weighted by atomic mass is 16.5. The summed E-state index contributed by atoms with van der Waals surface area (Å²) in [5, 5.41) is 7.16. The van der Waals surface area contributed by atoms with Crippen molar-refractivity contribution in [2.75, 3.05) is 26.7 Å². The number of likely N-dealkylation sites (N-methyl/N-ethyl adjacent to an activating group) is 1. The van der Waals surface area contributed by atoms with Gasteiger partial charge in [-0.05, 0) is 26.3 Å². The summed E-state index contributed by atoms with van der Waals surface area (Å²) in [5.41, 5.74) is 0.361. The van der Waals surface area contributed by atoms with E-state index in [9.17, 15) is 4.79 Å². The molecule has 0 aliphatic carbocycles. The molecule has 0 aromatic carbocycles. The predicted octanol–water partition coefficient (Wildman–Crippen LogP) is 1.04. The van der Waals surface area contributed by atoms with Gasteiger partial charge in [0.15, 0.2) is 11.5 Å². The number of nitrogens with one attached hydrogen (secondary N) is 1. The van der Waals surface area contributed by atoms with E-state index in [1.54, 1.807) is 13.2 Å². The number of ether oxygens (including phenoxy) is 1. The van der Waals surface area contributed by atoms with Gasteiger partial charge in [-0.15, -0.1) is 0 Å². The van der Waals surface area contributed by atoms with Gasteiger partial charge in [0.2, 0.25) is 0 Å². The van der Waals surface area contributed by atoms with Gasteiger partial charge >= 0.3 is 0 Å². The molecule has 1 aromatic rings. The number of hydrogen-bond acceptors (Lipinski definition) is 5. The van der Waals surface area contributed by atoms with Crippen LogP contribution in [0.2, 0.25) is 0 Å². The maximum Gasteiger partial charge on any atom is 0.276 e. The standard InChI is InChI=1S/C13H21N3O3/c1-3-16(10-5-4-6-14-8-10)13(17)12-7-11(9-18-2)19-15-12/h7,10,14H,3-6,8-9H2,1-2H3. The maximum atomic E-state index is 12.4. The van der Waals surface area contributed by atoms with Crippen molar-refractivity contribution in [2.45, 2.75) is 32.4 Å². The molecule has 2 heterocycles. The van der Waals surface area contributed by atoms with Crippen molar-refractivity contribution in [3.05, 3.63) is 17.5 Å². The molecule has 0 bridgehead atoms. The van der Waals surface area contributed by atoms with E-state index in [4.69, 9.17) is 9.26 Å². The molecule has 19 heavy (non-hydrogen) atoms. The number of carbonyl (C=O) groups is 1. The summed E-state index contributed by atoms with van der Waals surface area (Å²) < 4.78 is 10.0. The molecule has 0 radical (unpaired) electrons. The molecule has 1 atom stereocenters. The third-order valence-electron chi connectivity index (χ3n) is 3.38. The fourth-order valence-electron chi connectivity index (χ4n) is 2.44. The molecule has 1 fully saturated rings. The van der Waals surface area contributed by atoms with Gasteiger partial charge in [0.05, 0.1) is 0 Å². The minimum Gasteiger partial charge on any atom is -0.377 e. The lowest BCUT2D eigenvalue weighted by Crippen LogP contribution is -2.48. The Balaban J connectivity index is 2.05. The zero-order chi connectivity index (χ0) is 13.7. The topological polar surface area (TPSA) is 67.6 Å². The number of methoxy groups -OCH3 is 1. The van der Waals surface area contributed by atoms with Crippen LogP contribution < -0.4 is 5.32 Å². The highest BCUT2D eigenvalue weighted by Gasteiger charge is 2.26. The second-order valence-electron chi connectivity index (χ2n) is 4.70. The van der Waals surface area contributed by atoms with E-state index in [2.05, 4.69) is 10.5 Å². The van der Waals surface area contributed by atoms with Gasteiger partial charge in [-0.2, -0.15) is 0 Å². The normalized spacial score (nSPS) is 19.4. The SMILES string of the molecule is CCN(C(=O)c1cc(COC)on1)C1CCCNC1. The first kappa shape index (κ1) is 14.0. The molecule has 6 heteroatoms. The Morgan fingerprint density at radius 1 is 1.68 bits per heavy atom. The van der Waals surface area contributed by atoms with Crippen LogP contribution in [0.1, 0.15) is 36.0 Å². The summed E-state index contributed by atoms with van der Waals surface area (Å²) in [6.07, 6.45) is 2.14. The molecule has 1 aliphatic rings. The van der Waals surface area contributed by atoms with Gasteiger partial charge in [-0.3, -0.25) is 4.79 Å². The maximum absolute atomic E-state index is 12.4. The van der Waals surface area contributed by atoms with E-state index >= 15 is 0 Å². The zero-order valence-electron chi connectivity index (χ0n) is 11.5. The molecule has 0 spiro atoms. The summed E-state index contributed by atoms with van der Waals surface area (Å²) in [6, 6.07) is 1.90. The number of amides is 1. The Bertz CT molecular complexity index is 413. The lowest BCUT2D eigenvalue weighted by atomic mass is 10.1. The number of aromatic nitrogens is 1. The van der Waals surface area contributed by atoms with Crippen molar-refractivity contribution >= 4 is 5.91 Å². The minimum absolute atomic E-state index is 0.0673. The zero-order valence-corrected chi connectivity index (χ0v) is 11.5. The molecule has 6 nitrogen and oxygen atoms in total. The van der Waals surface area contributed by atoms with E-state index in [-0.39, 0.29) is 11.9 Å². The third kappa shape index (κ3) is 3.33. The monoisotopic (exact) mass is 267 g/mol. The first-order chi connectivity index (χ1) is 9.26. The summed E-state index contributed by atoms with van der Waals surface area (Å²) in [4.78, 5) is 14.3. The van der Waals surface area contributed by atoms with Gasteiger partial charge < -0.3 is 19.5 Å². The van der Waals surface area contributed by atoms with Crippen LogP contribution >= 0.6 is 0 Å². The number of carbonyl (C=O) groups excluding carboxylic acids is 1. The Kier molecular flexibility index (Phi) is 4.93. The van der Waals surface area contributed by atoms with E-state index < -0.39 is 0 Å². The molecule has 1 N–H and O–H groups in total. The fraction of sp³-hybridized carbons (Fsp3) is 0.692. The average molecular weight is 267 g/mol. The second kappa shape index (κ2) is 6.68. The van der Waals surface area contributed by atoms with Gasteiger partial charge in [-0.25, -0.2) is 0 Å². The van der Waals surface area contributed by atoms with Gasteiger partial charge in [-0.1, -0.05) is 5.16 Å². The van der Waals surface area contributed by atoms with Gasteiger partial charge in [0.25, 0.3) is 5.91 Å². The summed E-state index contributed by atoms with van der Waals surface area (Å²) in [7, 11) is 1.58. The van der Waals surface area contributed by atoms with Crippen LogP contribution in [0.25, 0.3) is 0 Å². The predicted molar refractivity (Wildman–Crippen MR) is 69.8 cm³/mol. The summed E-state index contributed by atoms with van der Waals surface area (Å²) in [5.74, 6) is 0.506. The van der Waals surface area contributed by atoms with Crippen molar-refractivity contribution in [1.29, 1.82) is 0 Å². The van der Waals surface area contributed by atoms with E-state index in [0.717, 1.165) is 25.9 Å². The molecule has 106 valence electrons. The molecule has 1 saturated heterocycles. The van der Waals surface area contributed by atoms with E-state index in [1.165, 1.54) is 0 Å². The number of rotatable bonds is 5. The Labute approximate surface area is 113 Å². The molecule has 1 amide bonds. The first-order valence-corrected chi connectivity index (χ1v) is 6.72. The Morgan fingerprint density at radius 3 is 3.16 bits per heavy atom. The molecule has 1 aliphatic heterocycles. The Hall–Kier alpha value is -1.40. The second-order valence-corrected chi connectivity index (χ2v) is 4.70. The largest absolute Gasteiger partial charge is 0.377 e. The van der Waals surface area contributed by atoms with Crippen LogP contribution in [0.3, 0.4) is 0 Å². The van der Waals surface area contributed by atoms with Crippen LogP contribution in [-0.4, -0.2) is 48.7 Å². The van der Waals surface area contributed by atoms with Crippen LogP contribution in [0.5, 0.6) is 0 Å². The molecular weight excluding hydrogens is 246 g/mol. The van der Waals surface area contributed by atoms with E-state index in [0.29, 0.717) is 24.6 Å². The molecular formula is C13H21N3O3. The van der Waals surface area contributed by atoms with Crippen molar-refractivity contribution in [1.82, 2.24) is 15.4 Å².